The van der Waals surface area contributed by atoms with Gasteiger partial charge in [0.05, 0.1) is 16.8 Å². The standard InChI is InChI=1S/C24H25N7O.H2S/c1-14-9-16(12-29-23(14)25)20-10-21(31-13-30-20)28-11-15(2)17-5-4-6-18-19(24(32)26-3)7-8-27-22(17)18;/h4-10,12-13,15H,11H2,1-3H3,(H2,25,29)(H,26,32)(H,28,30,31);1H2/t15-;/m1./s1. The number of hydrogen-bond donors (Lipinski definition) is 3. The van der Waals surface area contributed by atoms with Gasteiger partial charge in [-0.2, -0.15) is 13.5 Å². The van der Waals surface area contributed by atoms with Crippen LogP contribution < -0.4 is 16.4 Å². The first-order valence-electron chi connectivity index (χ1n) is 10.4. The van der Waals surface area contributed by atoms with E-state index < -0.39 is 0 Å². The third-order valence-electron chi connectivity index (χ3n) is 5.48. The summed E-state index contributed by atoms with van der Waals surface area (Å²) >= 11 is 0. The number of nitrogens with one attached hydrogen (secondary N) is 2. The molecule has 3 heterocycles. The van der Waals surface area contributed by atoms with Gasteiger partial charge in [0.25, 0.3) is 5.91 Å². The van der Waals surface area contributed by atoms with Gasteiger partial charge in [0.15, 0.2) is 0 Å². The van der Waals surface area contributed by atoms with E-state index in [1.54, 1.807) is 25.5 Å². The van der Waals surface area contributed by atoms with Gasteiger partial charge in [0, 0.05) is 48.9 Å². The van der Waals surface area contributed by atoms with Crippen molar-refractivity contribution < 1.29 is 4.79 Å². The van der Waals surface area contributed by atoms with Gasteiger partial charge in [-0.1, -0.05) is 25.1 Å². The van der Waals surface area contributed by atoms with Crippen LogP contribution in [0.4, 0.5) is 11.6 Å². The van der Waals surface area contributed by atoms with Crippen LogP contribution in [0.1, 0.15) is 34.3 Å². The first-order chi connectivity index (χ1) is 15.5. The smallest absolute Gasteiger partial charge is 0.251 e. The molecule has 8 nitrogen and oxygen atoms in total. The maximum Gasteiger partial charge on any atom is 0.251 e. The number of hydrogen-bond acceptors (Lipinski definition) is 7. The second-order valence-electron chi connectivity index (χ2n) is 7.68. The number of nitrogens with zero attached hydrogens (tertiary/aromatic N) is 4. The van der Waals surface area contributed by atoms with E-state index in [4.69, 9.17) is 5.73 Å². The Hall–Kier alpha value is -3.72. The Kier molecular flexibility index (Phi) is 7.44. The molecule has 4 N–H and O–H groups in total. The number of pyridine rings is 2. The fourth-order valence-corrected chi connectivity index (χ4v) is 3.63. The molecule has 0 saturated carbocycles. The summed E-state index contributed by atoms with van der Waals surface area (Å²) in [6.45, 7) is 4.67. The highest BCUT2D eigenvalue weighted by Crippen LogP contribution is 2.27. The van der Waals surface area contributed by atoms with E-state index in [2.05, 4.69) is 37.5 Å². The molecule has 9 heteroatoms. The Morgan fingerprint density at radius 2 is 1.94 bits per heavy atom. The average Bonchev–Trinajstić information content (AvgIpc) is 2.83. The molecule has 0 fully saturated rings. The number of nitrogens with two attached hydrogens (primary N) is 1. The summed E-state index contributed by atoms with van der Waals surface area (Å²) in [5.41, 5.74) is 10.9. The zero-order chi connectivity index (χ0) is 22.7. The lowest BCUT2D eigenvalue weighted by molar-refractivity contribution is 0.0964. The number of anilines is 2. The lowest BCUT2D eigenvalue weighted by Gasteiger charge is -2.16. The lowest BCUT2D eigenvalue weighted by atomic mass is 9.96. The van der Waals surface area contributed by atoms with Crippen molar-refractivity contribution in [3.63, 3.8) is 0 Å². The quantitative estimate of drug-likeness (QED) is 0.401. The highest BCUT2D eigenvalue weighted by atomic mass is 32.1. The molecule has 1 amide bonds. The normalized spacial score (nSPS) is 11.5. The highest BCUT2D eigenvalue weighted by Gasteiger charge is 2.15. The molecule has 0 aliphatic rings. The van der Waals surface area contributed by atoms with Crippen LogP contribution in [0.2, 0.25) is 0 Å². The summed E-state index contributed by atoms with van der Waals surface area (Å²) in [4.78, 5) is 29.7. The molecular formula is C24H27N7OS. The van der Waals surface area contributed by atoms with E-state index in [0.717, 1.165) is 39.1 Å². The largest absolute Gasteiger partial charge is 0.383 e. The molecule has 4 aromatic rings. The second-order valence-corrected chi connectivity index (χ2v) is 7.68. The summed E-state index contributed by atoms with van der Waals surface area (Å²) in [7, 11) is 1.63. The van der Waals surface area contributed by atoms with Gasteiger partial charge < -0.3 is 16.4 Å². The van der Waals surface area contributed by atoms with E-state index >= 15 is 0 Å². The molecule has 0 saturated heterocycles. The van der Waals surface area contributed by atoms with Crippen molar-refractivity contribution in [1.82, 2.24) is 25.3 Å². The van der Waals surface area contributed by atoms with Gasteiger partial charge in [0.1, 0.15) is 18.0 Å². The molecule has 3 aromatic heterocycles. The molecule has 0 spiro atoms. The molecule has 0 aliphatic carbocycles. The molecular weight excluding hydrogens is 434 g/mol. The number of carbonyl (C=O) groups excluding carboxylic acids is 1. The third kappa shape index (κ3) is 5.04. The number of aryl methyl sites for hydroxylation is 1. The SMILES string of the molecule is CNC(=O)c1ccnc2c([C@H](C)CNc3cc(-c4cnc(N)c(C)c4)ncn3)cccc12.S. The maximum absolute atomic E-state index is 12.2. The molecule has 0 radical (unpaired) electrons. The van der Waals surface area contributed by atoms with Crippen LogP contribution in [0.15, 0.2) is 55.1 Å². The van der Waals surface area contributed by atoms with Crippen LogP contribution in [0, 0.1) is 6.92 Å². The van der Waals surface area contributed by atoms with Crippen molar-refractivity contribution in [3.05, 3.63) is 71.8 Å². The van der Waals surface area contributed by atoms with Gasteiger partial charge in [-0.25, -0.2) is 15.0 Å². The first-order valence-corrected chi connectivity index (χ1v) is 10.4. The van der Waals surface area contributed by atoms with E-state index in [1.807, 2.05) is 37.3 Å². The van der Waals surface area contributed by atoms with Crippen LogP contribution in [0.5, 0.6) is 0 Å². The topological polar surface area (TPSA) is 119 Å². The number of nitrogen functional groups attached to an aromatic ring is 1. The van der Waals surface area contributed by atoms with Crippen molar-refractivity contribution in [2.24, 2.45) is 0 Å². The van der Waals surface area contributed by atoms with Gasteiger partial charge in [-0.3, -0.25) is 9.78 Å². The van der Waals surface area contributed by atoms with Gasteiger partial charge in [-0.15, -0.1) is 0 Å². The maximum atomic E-state index is 12.2. The number of para-hydroxylation sites is 1. The van der Waals surface area contributed by atoms with E-state index in [0.29, 0.717) is 17.9 Å². The average molecular weight is 462 g/mol. The summed E-state index contributed by atoms with van der Waals surface area (Å²) in [5.74, 6) is 1.24. The van der Waals surface area contributed by atoms with Crippen LogP contribution in [0.25, 0.3) is 22.2 Å². The minimum Gasteiger partial charge on any atom is -0.383 e. The van der Waals surface area contributed by atoms with Crippen LogP contribution >= 0.6 is 13.5 Å². The zero-order valence-corrected chi connectivity index (χ0v) is 19.8. The number of carbonyl (C=O) groups is 1. The molecule has 1 atom stereocenters. The predicted octanol–water partition coefficient (Wildman–Crippen LogP) is 3.67. The van der Waals surface area contributed by atoms with Gasteiger partial charge >= 0.3 is 0 Å². The number of aromatic nitrogens is 4. The Labute approximate surface area is 199 Å². The predicted molar refractivity (Wildman–Crippen MR) is 137 cm³/mol. The van der Waals surface area contributed by atoms with Crippen LogP contribution in [-0.4, -0.2) is 39.4 Å². The van der Waals surface area contributed by atoms with Crippen molar-refractivity contribution in [2.45, 2.75) is 19.8 Å². The Bertz CT molecular complexity index is 1300. The van der Waals surface area contributed by atoms with Crippen LogP contribution in [-0.2, 0) is 0 Å². The second kappa shape index (κ2) is 10.3. The van der Waals surface area contributed by atoms with E-state index in [-0.39, 0.29) is 25.3 Å². The van der Waals surface area contributed by atoms with Gasteiger partial charge in [-0.05, 0) is 30.2 Å². The molecule has 0 unspecified atom stereocenters. The summed E-state index contributed by atoms with van der Waals surface area (Å²) in [6, 6.07) is 11.5. The zero-order valence-electron chi connectivity index (χ0n) is 18.8. The molecule has 1 aromatic carbocycles. The third-order valence-corrected chi connectivity index (χ3v) is 5.48. The minimum atomic E-state index is -0.124. The molecule has 33 heavy (non-hydrogen) atoms. The van der Waals surface area contributed by atoms with Crippen molar-refractivity contribution >= 4 is 41.9 Å². The van der Waals surface area contributed by atoms with Crippen LogP contribution in [0.3, 0.4) is 0 Å². The molecule has 0 bridgehead atoms. The number of amides is 1. The van der Waals surface area contributed by atoms with Gasteiger partial charge in [0.2, 0.25) is 0 Å². The van der Waals surface area contributed by atoms with E-state index in [1.165, 1.54) is 6.33 Å². The van der Waals surface area contributed by atoms with E-state index in [9.17, 15) is 4.79 Å². The minimum absolute atomic E-state index is 0. The Morgan fingerprint density at radius 1 is 1.12 bits per heavy atom. The fraction of sp³-hybridized carbons (Fsp3) is 0.208. The monoisotopic (exact) mass is 461 g/mol. The highest BCUT2D eigenvalue weighted by molar-refractivity contribution is 7.59. The Balaban J connectivity index is 0.00000306. The number of benzene rings is 1. The summed E-state index contributed by atoms with van der Waals surface area (Å²) < 4.78 is 0. The Morgan fingerprint density at radius 3 is 2.70 bits per heavy atom. The van der Waals surface area contributed by atoms with Crippen molar-refractivity contribution in [1.29, 1.82) is 0 Å². The molecule has 4 rings (SSSR count). The summed E-state index contributed by atoms with van der Waals surface area (Å²) in [6.07, 6.45) is 4.92. The molecule has 0 aliphatic heterocycles. The van der Waals surface area contributed by atoms with Crippen molar-refractivity contribution in [2.75, 3.05) is 24.6 Å². The fourth-order valence-electron chi connectivity index (χ4n) is 3.63. The number of rotatable bonds is 6. The summed E-state index contributed by atoms with van der Waals surface area (Å²) in [5, 5.41) is 6.92. The van der Waals surface area contributed by atoms with Crippen molar-refractivity contribution in [3.8, 4) is 11.3 Å². The molecule has 170 valence electrons. The number of fused-ring (bicyclic) bond motifs is 1. The lowest BCUT2D eigenvalue weighted by Crippen LogP contribution is -2.18. The first kappa shape index (κ1) is 23.9.